The largest absolute Gasteiger partial charge is 0.472 e. The first-order valence-corrected chi connectivity index (χ1v) is 6.34. The first-order chi connectivity index (χ1) is 6.96. The van der Waals surface area contributed by atoms with Crippen LogP contribution in [0.25, 0.3) is 0 Å². The van der Waals surface area contributed by atoms with E-state index in [0.29, 0.717) is 16.2 Å². The van der Waals surface area contributed by atoms with Gasteiger partial charge in [0.2, 0.25) is 5.88 Å². The van der Waals surface area contributed by atoms with Gasteiger partial charge in [-0.25, -0.2) is 4.98 Å². The topological polar surface area (TPSA) is 35.0 Å². The Balaban J connectivity index is 2.90. The lowest BCUT2D eigenvalue weighted by molar-refractivity contribution is 0.0978. The van der Waals surface area contributed by atoms with Crippen molar-refractivity contribution < 1.29 is 4.74 Å². The summed E-state index contributed by atoms with van der Waals surface area (Å²) in [5, 5.41) is 1.04. The molecule has 0 aliphatic carbocycles. The molecule has 0 spiro atoms. The van der Waals surface area contributed by atoms with Crippen molar-refractivity contribution >= 4 is 23.4 Å². The minimum atomic E-state index is -0.229. The van der Waals surface area contributed by atoms with Crippen molar-refractivity contribution in [3.63, 3.8) is 0 Å². The molecule has 0 fully saturated rings. The van der Waals surface area contributed by atoms with E-state index in [1.54, 1.807) is 6.07 Å². The van der Waals surface area contributed by atoms with Crippen molar-refractivity contribution in [2.75, 3.05) is 6.26 Å². The Labute approximate surface area is 99.6 Å². The number of nitrogens with zero attached hydrogens (tertiary/aromatic N) is 2. The van der Waals surface area contributed by atoms with Gasteiger partial charge in [0.25, 0.3) is 0 Å². The van der Waals surface area contributed by atoms with Gasteiger partial charge in [0.15, 0.2) is 5.16 Å². The number of ether oxygens (including phenoxy) is 1. The molecule has 15 heavy (non-hydrogen) atoms. The van der Waals surface area contributed by atoms with E-state index < -0.39 is 0 Å². The third-order valence-electron chi connectivity index (χ3n) is 2.07. The monoisotopic (exact) mass is 246 g/mol. The fraction of sp³-hybridized carbons (Fsp3) is 0.600. The van der Waals surface area contributed by atoms with Crippen LogP contribution in [0.1, 0.15) is 27.2 Å². The maximum Gasteiger partial charge on any atom is 0.219 e. The zero-order chi connectivity index (χ0) is 11.5. The molecule has 3 nitrogen and oxygen atoms in total. The molecule has 1 rings (SSSR count). The number of rotatable bonds is 4. The van der Waals surface area contributed by atoms with E-state index in [2.05, 4.69) is 16.9 Å². The maximum atomic E-state index is 5.86. The molecular weight excluding hydrogens is 232 g/mol. The Bertz CT molecular complexity index is 344. The van der Waals surface area contributed by atoms with Crippen LogP contribution in [0.15, 0.2) is 11.2 Å². The van der Waals surface area contributed by atoms with Crippen LogP contribution in [0.2, 0.25) is 5.15 Å². The fourth-order valence-electron chi connectivity index (χ4n) is 0.876. The molecule has 0 saturated heterocycles. The lowest BCUT2D eigenvalue weighted by Crippen LogP contribution is -2.27. The van der Waals surface area contributed by atoms with Gasteiger partial charge in [-0.3, -0.25) is 0 Å². The highest BCUT2D eigenvalue weighted by Crippen LogP contribution is 2.23. The molecule has 0 aromatic carbocycles. The summed E-state index contributed by atoms with van der Waals surface area (Å²) in [5.74, 6) is 0.534. The van der Waals surface area contributed by atoms with Crippen LogP contribution in [0.4, 0.5) is 0 Å². The van der Waals surface area contributed by atoms with Gasteiger partial charge in [-0.05, 0) is 26.5 Å². The molecule has 0 aliphatic rings. The summed E-state index contributed by atoms with van der Waals surface area (Å²) in [6.07, 6.45) is 2.81. The van der Waals surface area contributed by atoms with E-state index in [-0.39, 0.29) is 5.60 Å². The van der Waals surface area contributed by atoms with Crippen molar-refractivity contribution in [1.29, 1.82) is 0 Å². The average molecular weight is 247 g/mol. The predicted octanol–water partition coefficient (Wildman–Crippen LogP) is 3.42. The van der Waals surface area contributed by atoms with Gasteiger partial charge in [-0.1, -0.05) is 30.3 Å². The van der Waals surface area contributed by atoms with Gasteiger partial charge in [0.1, 0.15) is 10.8 Å². The zero-order valence-electron chi connectivity index (χ0n) is 9.37. The predicted molar refractivity (Wildman–Crippen MR) is 63.8 cm³/mol. The quantitative estimate of drug-likeness (QED) is 0.463. The highest BCUT2D eigenvalue weighted by molar-refractivity contribution is 7.98. The standard InChI is InChI=1S/C10H15ClN2OS/c1-5-10(2,3)14-8-6-7(11)12-9(13-8)15-4/h6H,5H2,1-4H3. The Morgan fingerprint density at radius 1 is 1.47 bits per heavy atom. The zero-order valence-corrected chi connectivity index (χ0v) is 10.9. The van der Waals surface area contributed by atoms with Crippen molar-refractivity contribution in [1.82, 2.24) is 9.97 Å². The number of hydrogen-bond acceptors (Lipinski definition) is 4. The molecule has 1 heterocycles. The Hall–Kier alpha value is -0.480. The summed E-state index contributed by atoms with van der Waals surface area (Å²) in [5.41, 5.74) is -0.229. The van der Waals surface area contributed by atoms with E-state index in [1.807, 2.05) is 20.1 Å². The molecule has 5 heteroatoms. The van der Waals surface area contributed by atoms with Gasteiger partial charge in [0.05, 0.1) is 0 Å². The Morgan fingerprint density at radius 3 is 2.67 bits per heavy atom. The molecule has 0 atom stereocenters. The van der Waals surface area contributed by atoms with Crippen molar-refractivity contribution in [2.24, 2.45) is 0 Å². The van der Waals surface area contributed by atoms with Crippen LogP contribution in [0.3, 0.4) is 0 Å². The first kappa shape index (κ1) is 12.6. The van der Waals surface area contributed by atoms with Gasteiger partial charge >= 0.3 is 0 Å². The Morgan fingerprint density at radius 2 is 2.13 bits per heavy atom. The second kappa shape index (κ2) is 5.03. The number of halogens is 1. The molecule has 84 valence electrons. The van der Waals surface area contributed by atoms with Crippen LogP contribution in [0, 0.1) is 0 Å². The molecule has 0 unspecified atom stereocenters. The molecule has 1 aromatic rings. The number of aromatic nitrogens is 2. The van der Waals surface area contributed by atoms with Crippen molar-refractivity contribution in [3.8, 4) is 5.88 Å². The smallest absolute Gasteiger partial charge is 0.219 e. The molecular formula is C10H15ClN2OS. The summed E-state index contributed by atoms with van der Waals surface area (Å²) in [7, 11) is 0. The van der Waals surface area contributed by atoms with Crippen LogP contribution >= 0.6 is 23.4 Å². The second-order valence-corrected chi connectivity index (χ2v) is 4.89. The molecule has 0 amide bonds. The number of hydrogen-bond donors (Lipinski definition) is 0. The lowest BCUT2D eigenvalue weighted by Gasteiger charge is -2.24. The molecule has 0 radical (unpaired) electrons. The molecule has 0 N–H and O–H groups in total. The van der Waals surface area contributed by atoms with Crippen LogP contribution in [-0.2, 0) is 0 Å². The van der Waals surface area contributed by atoms with E-state index in [1.165, 1.54) is 11.8 Å². The number of thioether (sulfide) groups is 1. The third kappa shape index (κ3) is 3.87. The minimum absolute atomic E-state index is 0.229. The average Bonchev–Trinajstić information content (AvgIpc) is 2.16. The van der Waals surface area contributed by atoms with E-state index in [9.17, 15) is 0 Å². The van der Waals surface area contributed by atoms with Gasteiger partial charge in [-0.15, -0.1) is 0 Å². The van der Waals surface area contributed by atoms with E-state index >= 15 is 0 Å². The highest BCUT2D eigenvalue weighted by Gasteiger charge is 2.18. The third-order valence-corrected chi connectivity index (χ3v) is 2.81. The molecule has 0 aliphatic heterocycles. The molecule has 1 aromatic heterocycles. The first-order valence-electron chi connectivity index (χ1n) is 4.74. The summed E-state index contributed by atoms with van der Waals surface area (Å²) < 4.78 is 5.73. The summed E-state index contributed by atoms with van der Waals surface area (Å²) in [4.78, 5) is 8.28. The normalized spacial score (nSPS) is 11.5. The summed E-state index contributed by atoms with van der Waals surface area (Å²) in [6.45, 7) is 6.10. The van der Waals surface area contributed by atoms with Crippen LogP contribution in [-0.4, -0.2) is 21.8 Å². The van der Waals surface area contributed by atoms with Crippen LogP contribution in [0.5, 0.6) is 5.88 Å². The maximum absolute atomic E-state index is 5.86. The van der Waals surface area contributed by atoms with Crippen molar-refractivity contribution in [3.05, 3.63) is 11.2 Å². The Kier molecular flexibility index (Phi) is 4.22. The molecule has 0 bridgehead atoms. The summed E-state index contributed by atoms with van der Waals surface area (Å²) >= 11 is 7.30. The summed E-state index contributed by atoms with van der Waals surface area (Å²) in [6, 6.07) is 1.64. The lowest BCUT2D eigenvalue weighted by atomic mass is 10.1. The van der Waals surface area contributed by atoms with Gasteiger partial charge in [-0.2, -0.15) is 4.98 Å². The molecule has 0 saturated carbocycles. The van der Waals surface area contributed by atoms with E-state index in [4.69, 9.17) is 16.3 Å². The van der Waals surface area contributed by atoms with Gasteiger partial charge < -0.3 is 4.74 Å². The second-order valence-electron chi connectivity index (χ2n) is 3.73. The van der Waals surface area contributed by atoms with Crippen molar-refractivity contribution in [2.45, 2.75) is 37.9 Å². The fourth-order valence-corrected chi connectivity index (χ4v) is 1.47. The highest BCUT2D eigenvalue weighted by atomic mass is 35.5. The van der Waals surface area contributed by atoms with Crippen LogP contribution < -0.4 is 4.74 Å². The minimum Gasteiger partial charge on any atom is -0.472 e. The van der Waals surface area contributed by atoms with Gasteiger partial charge in [0, 0.05) is 6.07 Å². The SMILES string of the molecule is CCC(C)(C)Oc1cc(Cl)nc(SC)n1. The van der Waals surface area contributed by atoms with E-state index in [0.717, 1.165) is 6.42 Å².